The molecule has 0 radical (unpaired) electrons. The van der Waals surface area contributed by atoms with E-state index in [4.69, 9.17) is 13.9 Å². The number of nitro groups is 1. The maximum atomic E-state index is 12.8. The maximum absolute atomic E-state index is 12.8. The fourth-order valence-corrected chi connectivity index (χ4v) is 5.15. The van der Waals surface area contributed by atoms with Crippen LogP contribution in [-0.4, -0.2) is 48.9 Å². The third-order valence-electron chi connectivity index (χ3n) is 4.72. The number of oxazole rings is 1. The standard InChI is InChI=1S/C19H19N3O7S2/c1-13-15(20-19(29-13)18-3-2-10-30-18)12-28-17-5-4-14(11-16(17)22(23)24)31(25,26)21-6-8-27-9-7-21/h2-5,10-11H,6-9,12H2,1H3. The molecular formula is C19H19N3O7S2. The van der Waals surface area contributed by atoms with E-state index in [1.807, 2.05) is 17.5 Å². The van der Waals surface area contributed by atoms with Crippen LogP contribution < -0.4 is 4.74 Å². The minimum atomic E-state index is -3.86. The van der Waals surface area contributed by atoms with Crippen LogP contribution in [0.25, 0.3) is 10.8 Å². The number of rotatable bonds is 7. The highest BCUT2D eigenvalue weighted by Crippen LogP contribution is 2.32. The second-order valence-corrected chi connectivity index (χ2v) is 9.58. The van der Waals surface area contributed by atoms with E-state index in [1.54, 1.807) is 6.92 Å². The van der Waals surface area contributed by atoms with Crippen molar-refractivity contribution in [3.8, 4) is 16.5 Å². The van der Waals surface area contributed by atoms with Crippen molar-refractivity contribution >= 4 is 27.0 Å². The van der Waals surface area contributed by atoms with Gasteiger partial charge in [-0.15, -0.1) is 11.3 Å². The van der Waals surface area contributed by atoms with E-state index in [9.17, 15) is 18.5 Å². The highest BCUT2D eigenvalue weighted by molar-refractivity contribution is 7.89. The Morgan fingerprint density at radius 3 is 2.74 bits per heavy atom. The minimum Gasteiger partial charge on any atom is -0.480 e. The molecule has 164 valence electrons. The van der Waals surface area contributed by atoms with Crippen LogP contribution in [0, 0.1) is 17.0 Å². The number of aromatic nitrogens is 1. The van der Waals surface area contributed by atoms with Crippen LogP contribution in [0.1, 0.15) is 11.5 Å². The number of aryl methyl sites for hydroxylation is 1. The highest BCUT2D eigenvalue weighted by Gasteiger charge is 2.29. The Kier molecular flexibility index (Phi) is 6.05. The molecule has 0 unspecified atom stereocenters. The van der Waals surface area contributed by atoms with Crippen molar-refractivity contribution in [2.45, 2.75) is 18.4 Å². The Morgan fingerprint density at radius 1 is 1.29 bits per heavy atom. The van der Waals surface area contributed by atoms with E-state index in [0.717, 1.165) is 10.9 Å². The van der Waals surface area contributed by atoms with E-state index in [-0.39, 0.29) is 43.6 Å². The summed E-state index contributed by atoms with van der Waals surface area (Å²) in [4.78, 5) is 16.0. The number of nitrogens with zero attached hydrogens (tertiary/aromatic N) is 3. The van der Waals surface area contributed by atoms with E-state index in [2.05, 4.69) is 4.98 Å². The van der Waals surface area contributed by atoms with Gasteiger partial charge in [0.25, 0.3) is 0 Å². The molecule has 2 aromatic heterocycles. The molecule has 0 N–H and O–H groups in total. The summed E-state index contributed by atoms with van der Waals surface area (Å²) in [5, 5.41) is 13.5. The van der Waals surface area contributed by atoms with Crippen LogP contribution in [0.5, 0.6) is 5.75 Å². The van der Waals surface area contributed by atoms with Crippen LogP contribution in [0.3, 0.4) is 0 Å². The lowest BCUT2D eigenvalue weighted by Crippen LogP contribution is -2.40. The van der Waals surface area contributed by atoms with Crippen molar-refractivity contribution in [2.24, 2.45) is 0 Å². The van der Waals surface area contributed by atoms with Gasteiger partial charge in [0.05, 0.1) is 27.9 Å². The monoisotopic (exact) mass is 465 g/mol. The topological polar surface area (TPSA) is 125 Å². The van der Waals surface area contributed by atoms with Crippen LogP contribution >= 0.6 is 11.3 Å². The average molecular weight is 466 g/mol. The summed E-state index contributed by atoms with van der Waals surface area (Å²) in [5.74, 6) is 0.941. The molecule has 4 rings (SSSR count). The van der Waals surface area contributed by atoms with Crippen LogP contribution in [0.15, 0.2) is 45.0 Å². The first-order valence-electron chi connectivity index (χ1n) is 9.35. The third kappa shape index (κ3) is 4.46. The molecule has 3 heterocycles. The number of benzene rings is 1. The third-order valence-corrected chi connectivity index (χ3v) is 7.48. The molecule has 0 amide bonds. The fraction of sp³-hybridized carbons (Fsp3) is 0.316. The summed E-state index contributed by atoms with van der Waals surface area (Å²) in [6, 6.07) is 7.37. The van der Waals surface area contributed by atoms with Gasteiger partial charge in [0.2, 0.25) is 15.9 Å². The molecule has 0 aliphatic carbocycles. The Hall–Kier alpha value is -2.80. The molecule has 1 fully saturated rings. The van der Waals surface area contributed by atoms with Crippen molar-refractivity contribution in [3.05, 3.63) is 57.3 Å². The molecule has 1 aromatic carbocycles. The first-order chi connectivity index (χ1) is 14.9. The van der Waals surface area contributed by atoms with Gasteiger partial charge in [-0.3, -0.25) is 10.1 Å². The van der Waals surface area contributed by atoms with Crippen LogP contribution in [0.2, 0.25) is 0 Å². The van der Waals surface area contributed by atoms with E-state index in [0.29, 0.717) is 17.3 Å². The van der Waals surface area contributed by atoms with Crippen molar-refractivity contribution in [1.29, 1.82) is 0 Å². The van der Waals surface area contributed by atoms with Gasteiger partial charge in [0.1, 0.15) is 18.1 Å². The maximum Gasteiger partial charge on any atom is 0.312 e. The predicted molar refractivity (Wildman–Crippen MR) is 112 cm³/mol. The van der Waals surface area contributed by atoms with Gasteiger partial charge in [-0.05, 0) is 30.5 Å². The first-order valence-corrected chi connectivity index (χ1v) is 11.7. The summed E-state index contributed by atoms with van der Waals surface area (Å²) in [5.41, 5.74) is 0.0664. The molecule has 0 spiro atoms. The lowest BCUT2D eigenvalue weighted by molar-refractivity contribution is -0.386. The Balaban J connectivity index is 1.56. The molecule has 1 aliphatic rings. The summed E-state index contributed by atoms with van der Waals surface area (Å²) >= 11 is 1.48. The van der Waals surface area contributed by atoms with Crippen molar-refractivity contribution in [1.82, 2.24) is 9.29 Å². The molecule has 1 saturated heterocycles. The average Bonchev–Trinajstić information content (AvgIpc) is 3.42. The number of hydrogen-bond donors (Lipinski definition) is 0. The number of nitro benzene ring substituents is 1. The number of hydrogen-bond acceptors (Lipinski definition) is 9. The van der Waals surface area contributed by atoms with Gasteiger partial charge in [0, 0.05) is 19.2 Å². The molecule has 3 aromatic rings. The molecular weight excluding hydrogens is 446 g/mol. The van der Waals surface area contributed by atoms with Crippen molar-refractivity contribution in [2.75, 3.05) is 26.3 Å². The molecule has 0 bridgehead atoms. The second kappa shape index (κ2) is 8.75. The lowest BCUT2D eigenvalue weighted by Gasteiger charge is -2.26. The number of ether oxygens (including phenoxy) is 2. The smallest absolute Gasteiger partial charge is 0.312 e. The van der Waals surface area contributed by atoms with E-state index >= 15 is 0 Å². The Bertz CT molecular complexity index is 1180. The molecule has 10 nitrogen and oxygen atoms in total. The minimum absolute atomic E-state index is 0.0500. The van der Waals surface area contributed by atoms with Gasteiger partial charge >= 0.3 is 5.69 Å². The normalized spacial score (nSPS) is 15.1. The van der Waals surface area contributed by atoms with Gasteiger partial charge in [-0.2, -0.15) is 4.31 Å². The van der Waals surface area contributed by atoms with Gasteiger partial charge in [-0.25, -0.2) is 13.4 Å². The Morgan fingerprint density at radius 2 is 2.06 bits per heavy atom. The van der Waals surface area contributed by atoms with E-state index in [1.165, 1.54) is 27.8 Å². The van der Waals surface area contributed by atoms with Gasteiger partial charge in [-0.1, -0.05) is 6.07 Å². The Labute approximate surface area is 182 Å². The molecule has 31 heavy (non-hydrogen) atoms. The zero-order valence-electron chi connectivity index (χ0n) is 16.5. The summed E-state index contributed by atoms with van der Waals surface area (Å²) in [6.45, 7) is 2.64. The van der Waals surface area contributed by atoms with Crippen molar-refractivity contribution in [3.63, 3.8) is 0 Å². The van der Waals surface area contributed by atoms with Gasteiger partial charge in [0.15, 0.2) is 5.75 Å². The quantitative estimate of drug-likeness (QED) is 0.385. The first kappa shape index (κ1) is 21.4. The number of morpholine rings is 1. The lowest BCUT2D eigenvalue weighted by atomic mass is 10.3. The summed E-state index contributed by atoms with van der Waals surface area (Å²) < 4.78 is 43.3. The van der Waals surface area contributed by atoms with E-state index < -0.39 is 20.6 Å². The zero-order chi connectivity index (χ0) is 22.0. The molecule has 1 aliphatic heterocycles. The summed E-state index contributed by atoms with van der Waals surface area (Å²) in [7, 11) is -3.86. The zero-order valence-corrected chi connectivity index (χ0v) is 18.1. The van der Waals surface area contributed by atoms with Gasteiger partial charge < -0.3 is 13.9 Å². The van der Waals surface area contributed by atoms with Crippen molar-refractivity contribution < 1.29 is 27.2 Å². The molecule has 0 saturated carbocycles. The fourth-order valence-electron chi connectivity index (χ4n) is 3.07. The number of sulfonamides is 1. The molecule has 0 atom stereocenters. The molecule has 12 heteroatoms. The predicted octanol–water partition coefficient (Wildman–Crippen LogP) is 3.22. The SMILES string of the molecule is Cc1oc(-c2cccs2)nc1COc1ccc(S(=O)(=O)N2CCOCC2)cc1[N+](=O)[O-]. The highest BCUT2D eigenvalue weighted by atomic mass is 32.2. The van der Waals surface area contributed by atoms with Crippen LogP contribution in [0.4, 0.5) is 5.69 Å². The number of thiophene rings is 1. The second-order valence-electron chi connectivity index (χ2n) is 6.69. The largest absolute Gasteiger partial charge is 0.480 e. The summed E-state index contributed by atoms with van der Waals surface area (Å²) in [6.07, 6.45) is 0. The van der Waals surface area contributed by atoms with Crippen LogP contribution in [-0.2, 0) is 21.4 Å².